The van der Waals surface area contributed by atoms with E-state index in [4.69, 9.17) is 9.47 Å². The lowest BCUT2D eigenvalue weighted by Crippen LogP contribution is -2.47. The van der Waals surface area contributed by atoms with Crippen molar-refractivity contribution >= 4 is 16.9 Å². The number of rotatable bonds is 12. The largest absolute Gasteiger partial charge is 0.493 e. The average molecular weight is 429 g/mol. The summed E-state index contributed by atoms with van der Waals surface area (Å²) in [6.45, 7) is 6.94. The zero-order chi connectivity index (χ0) is 22.8. The van der Waals surface area contributed by atoms with Gasteiger partial charge in [-0.2, -0.15) is 0 Å². The predicted octanol–water partition coefficient (Wildman–Crippen LogP) is 3.76. The van der Waals surface area contributed by atoms with Crippen molar-refractivity contribution in [2.45, 2.75) is 33.5 Å². The Balaban J connectivity index is 2.16. The molecular formula is C24H36N4O3. The maximum absolute atomic E-state index is 9.36. The van der Waals surface area contributed by atoms with Crippen LogP contribution in [0.4, 0.5) is 11.4 Å². The van der Waals surface area contributed by atoms with Crippen LogP contribution in [0.3, 0.4) is 0 Å². The van der Waals surface area contributed by atoms with E-state index < -0.39 is 0 Å². The molecule has 31 heavy (non-hydrogen) atoms. The fourth-order valence-electron chi connectivity index (χ4n) is 3.47. The Morgan fingerprint density at radius 2 is 1.81 bits per heavy atom. The third-order valence-electron chi connectivity index (χ3n) is 5.31. The molecular weight excluding hydrogens is 392 g/mol. The molecule has 0 aliphatic carbocycles. The number of ether oxygens (including phenoxy) is 2. The molecule has 1 unspecified atom stereocenters. The number of aliphatic hydroxyl groups is 1. The Hall–Kier alpha value is -2.74. The van der Waals surface area contributed by atoms with Gasteiger partial charge in [-0.25, -0.2) is 0 Å². The summed E-state index contributed by atoms with van der Waals surface area (Å²) in [6.07, 6.45) is 0.776. The minimum Gasteiger partial charge on any atom is -0.493 e. The molecule has 170 valence electrons. The highest BCUT2D eigenvalue weighted by Crippen LogP contribution is 2.30. The number of aryl methyl sites for hydroxylation is 1. The van der Waals surface area contributed by atoms with Gasteiger partial charge in [-0.1, -0.05) is 24.6 Å². The van der Waals surface area contributed by atoms with Crippen LogP contribution in [0.1, 0.15) is 31.4 Å². The molecule has 0 saturated heterocycles. The Morgan fingerprint density at radius 1 is 1.06 bits per heavy atom. The number of methoxy groups -OCH3 is 2. The van der Waals surface area contributed by atoms with E-state index in [9.17, 15) is 5.11 Å². The number of nitrogens with one attached hydrogen (secondary N) is 4. The van der Waals surface area contributed by atoms with Gasteiger partial charge in [0.05, 0.1) is 14.2 Å². The van der Waals surface area contributed by atoms with Crippen LogP contribution in [0.25, 0.3) is 5.57 Å². The second-order valence-corrected chi connectivity index (χ2v) is 7.28. The summed E-state index contributed by atoms with van der Waals surface area (Å²) in [4.78, 5) is 0. The predicted molar refractivity (Wildman–Crippen MR) is 129 cm³/mol. The molecule has 7 heteroatoms. The first-order chi connectivity index (χ1) is 15.0. The van der Waals surface area contributed by atoms with Crippen molar-refractivity contribution in [2.24, 2.45) is 0 Å². The van der Waals surface area contributed by atoms with Crippen molar-refractivity contribution in [1.29, 1.82) is 0 Å². The van der Waals surface area contributed by atoms with Gasteiger partial charge in [-0.15, -0.1) is 0 Å². The highest BCUT2D eigenvalue weighted by atomic mass is 16.5. The maximum atomic E-state index is 9.36. The van der Waals surface area contributed by atoms with Gasteiger partial charge in [0.2, 0.25) is 0 Å². The van der Waals surface area contributed by atoms with Crippen molar-refractivity contribution in [3.05, 3.63) is 53.1 Å². The maximum Gasteiger partial charge on any atom is 0.162 e. The van der Waals surface area contributed by atoms with Crippen molar-refractivity contribution in [1.82, 2.24) is 10.6 Å². The summed E-state index contributed by atoms with van der Waals surface area (Å²) in [6, 6.07) is 12.0. The van der Waals surface area contributed by atoms with Crippen molar-refractivity contribution < 1.29 is 14.6 Å². The number of benzene rings is 2. The van der Waals surface area contributed by atoms with E-state index in [1.54, 1.807) is 14.2 Å². The second kappa shape index (κ2) is 12.2. The van der Waals surface area contributed by atoms with Gasteiger partial charge in [0.25, 0.3) is 0 Å². The summed E-state index contributed by atoms with van der Waals surface area (Å²) in [5.74, 6) is 1.37. The molecule has 1 atom stereocenters. The zero-order valence-electron chi connectivity index (χ0n) is 19.4. The Labute approximate surface area is 185 Å². The molecule has 0 aliphatic heterocycles. The smallest absolute Gasteiger partial charge is 0.162 e. The molecule has 0 spiro atoms. The van der Waals surface area contributed by atoms with E-state index in [-0.39, 0.29) is 13.0 Å². The van der Waals surface area contributed by atoms with Gasteiger partial charge < -0.3 is 25.2 Å². The summed E-state index contributed by atoms with van der Waals surface area (Å²) < 4.78 is 10.7. The van der Waals surface area contributed by atoms with Gasteiger partial charge in [0.1, 0.15) is 13.0 Å². The Kier molecular flexibility index (Phi) is 9.65. The van der Waals surface area contributed by atoms with Crippen molar-refractivity contribution in [3.8, 4) is 11.5 Å². The highest BCUT2D eigenvalue weighted by Gasteiger charge is 2.12. The minimum absolute atomic E-state index is 0.0967. The molecule has 0 radical (unpaired) electrons. The summed E-state index contributed by atoms with van der Waals surface area (Å²) in [7, 11) is 5.15. The van der Waals surface area contributed by atoms with Crippen molar-refractivity contribution in [2.75, 3.05) is 45.2 Å². The molecule has 0 bridgehead atoms. The third kappa shape index (κ3) is 6.62. The lowest BCUT2D eigenvalue weighted by molar-refractivity contribution is 0.325. The number of allylic oxidation sites excluding steroid dienone is 1. The first-order valence-electron chi connectivity index (χ1n) is 10.5. The van der Waals surface area contributed by atoms with E-state index in [2.05, 4.69) is 53.3 Å². The van der Waals surface area contributed by atoms with Crippen LogP contribution in [0.5, 0.6) is 11.5 Å². The van der Waals surface area contributed by atoms with Gasteiger partial charge in [0.15, 0.2) is 11.5 Å². The van der Waals surface area contributed by atoms with Crippen LogP contribution in [-0.4, -0.2) is 45.9 Å². The van der Waals surface area contributed by atoms with E-state index in [0.717, 1.165) is 28.9 Å². The lowest BCUT2D eigenvalue weighted by atomic mass is 9.97. The monoisotopic (exact) mass is 428 g/mol. The fraction of sp³-hybridized carbons (Fsp3) is 0.417. The van der Waals surface area contributed by atoms with Crippen LogP contribution in [0, 0.1) is 6.92 Å². The van der Waals surface area contributed by atoms with Crippen LogP contribution >= 0.6 is 0 Å². The molecule has 2 aromatic rings. The van der Waals surface area contributed by atoms with E-state index in [0.29, 0.717) is 18.0 Å². The first-order valence-corrected chi connectivity index (χ1v) is 10.5. The second-order valence-electron chi connectivity index (χ2n) is 7.28. The minimum atomic E-state index is -0.138. The lowest BCUT2D eigenvalue weighted by Gasteiger charge is -2.23. The fourth-order valence-corrected chi connectivity index (χ4v) is 3.47. The standard InChI is InChI=1S/C24H36N4O3/c1-7-18(17(3)20-10-8-16(2)12-21(20)27-15-29)14-26-24(25-4)28-19-9-11-22(30-5)23(13-19)31-6/h8-13,24-29H,7,14-15H2,1-6H3/b18-17+. The summed E-state index contributed by atoms with van der Waals surface area (Å²) in [5.41, 5.74) is 6.60. The molecule has 0 aliphatic rings. The molecule has 7 nitrogen and oxygen atoms in total. The van der Waals surface area contributed by atoms with Crippen LogP contribution in [-0.2, 0) is 0 Å². The highest BCUT2D eigenvalue weighted by molar-refractivity contribution is 5.77. The molecule has 0 aromatic heterocycles. The van der Waals surface area contributed by atoms with Gasteiger partial charge in [-0.3, -0.25) is 10.6 Å². The van der Waals surface area contributed by atoms with Crippen LogP contribution in [0.15, 0.2) is 42.0 Å². The third-order valence-corrected chi connectivity index (χ3v) is 5.31. The number of aliphatic hydroxyl groups excluding tert-OH is 1. The van der Waals surface area contributed by atoms with Crippen molar-refractivity contribution in [3.63, 3.8) is 0 Å². The Morgan fingerprint density at radius 3 is 2.42 bits per heavy atom. The molecule has 0 fully saturated rings. The van der Waals surface area contributed by atoms with Gasteiger partial charge >= 0.3 is 0 Å². The SMILES string of the molecule is CC/C(CNC(NC)Nc1ccc(OC)c(OC)c1)=C(/C)c1ccc(C)cc1NCO. The van der Waals surface area contributed by atoms with E-state index in [1.807, 2.05) is 32.2 Å². The van der Waals surface area contributed by atoms with Gasteiger partial charge in [0, 0.05) is 29.5 Å². The summed E-state index contributed by atoms with van der Waals surface area (Å²) >= 11 is 0. The normalized spacial score (nSPS) is 12.7. The van der Waals surface area contributed by atoms with E-state index in [1.165, 1.54) is 11.1 Å². The molecule has 0 heterocycles. The number of hydrogen-bond donors (Lipinski definition) is 5. The number of hydrogen-bond acceptors (Lipinski definition) is 7. The van der Waals surface area contributed by atoms with Crippen LogP contribution in [0.2, 0.25) is 0 Å². The molecule has 2 rings (SSSR count). The number of anilines is 2. The quantitative estimate of drug-likeness (QED) is 0.329. The molecule has 2 aromatic carbocycles. The first kappa shape index (κ1) is 24.5. The van der Waals surface area contributed by atoms with E-state index >= 15 is 0 Å². The molecule has 5 N–H and O–H groups in total. The zero-order valence-corrected chi connectivity index (χ0v) is 19.4. The van der Waals surface area contributed by atoms with Gasteiger partial charge in [-0.05, 0) is 56.7 Å². The summed E-state index contributed by atoms with van der Waals surface area (Å²) in [5, 5.41) is 22.6. The topological polar surface area (TPSA) is 86.8 Å². The Bertz CT molecular complexity index is 883. The average Bonchev–Trinajstić information content (AvgIpc) is 2.78. The van der Waals surface area contributed by atoms with Crippen LogP contribution < -0.4 is 30.7 Å². The molecule has 0 saturated carbocycles. The molecule has 0 amide bonds.